The summed E-state index contributed by atoms with van der Waals surface area (Å²) in [6.07, 6.45) is -0.461. The van der Waals surface area contributed by atoms with E-state index in [0.717, 1.165) is 12.6 Å². The molecule has 0 saturated heterocycles. The molecule has 2 aromatic rings. The number of rotatable bonds is 8. The number of nitrogens with zero attached hydrogens (tertiary/aromatic N) is 3. The SMILES string of the molecule is CC1(C)C2CC(N(CC(N)c3c(F)cccc3Cl)C(=O)c3cnn(CC4(C(=O)O)CCCCC4)c3C(F)(F)F)CC21. The van der Waals surface area contributed by atoms with Gasteiger partial charge in [-0.3, -0.25) is 14.3 Å². The summed E-state index contributed by atoms with van der Waals surface area (Å²) in [5.41, 5.74) is 3.10. The second-order valence-corrected chi connectivity index (χ2v) is 13.0. The van der Waals surface area contributed by atoms with E-state index >= 15 is 0 Å². The Balaban J connectivity index is 1.50. The van der Waals surface area contributed by atoms with Gasteiger partial charge < -0.3 is 15.7 Å². The minimum atomic E-state index is -4.97. The number of carbonyl (C=O) groups excluding carboxylic acids is 1. The molecule has 1 amide bonds. The zero-order chi connectivity index (χ0) is 29.9. The highest BCUT2D eigenvalue weighted by atomic mass is 35.5. The molecule has 0 aliphatic heterocycles. The highest BCUT2D eigenvalue weighted by molar-refractivity contribution is 6.31. The van der Waals surface area contributed by atoms with Crippen molar-refractivity contribution in [3.8, 4) is 0 Å². The van der Waals surface area contributed by atoms with Gasteiger partial charge in [0.1, 0.15) is 5.82 Å². The van der Waals surface area contributed by atoms with E-state index < -0.39 is 59.2 Å². The Morgan fingerprint density at radius 2 is 1.83 bits per heavy atom. The lowest BCUT2D eigenvalue weighted by molar-refractivity contribution is -0.156. The smallest absolute Gasteiger partial charge is 0.433 e. The van der Waals surface area contributed by atoms with Crippen LogP contribution in [0.25, 0.3) is 0 Å². The van der Waals surface area contributed by atoms with Gasteiger partial charge in [0.2, 0.25) is 0 Å². The average molecular weight is 599 g/mol. The van der Waals surface area contributed by atoms with Crippen LogP contribution in [0.15, 0.2) is 24.4 Å². The van der Waals surface area contributed by atoms with Gasteiger partial charge in [-0.05, 0) is 55.1 Å². The minimum absolute atomic E-state index is 0.0112. The fourth-order valence-corrected chi connectivity index (χ4v) is 7.67. The highest BCUT2D eigenvalue weighted by Gasteiger charge is 2.63. The maximum atomic E-state index is 14.7. The first kappa shape index (κ1) is 29.8. The zero-order valence-corrected chi connectivity index (χ0v) is 23.8. The number of alkyl halides is 3. The van der Waals surface area contributed by atoms with Crippen LogP contribution in [0.5, 0.6) is 0 Å². The molecule has 0 spiro atoms. The maximum absolute atomic E-state index is 14.7. The van der Waals surface area contributed by atoms with Gasteiger partial charge in [-0.15, -0.1) is 0 Å². The van der Waals surface area contributed by atoms with Gasteiger partial charge in [0.25, 0.3) is 5.91 Å². The first-order valence-electron chi connectivity index (χ1n) is 14.0. The fraction of sp³-hybridized carbons (Fsp3) is 0.621. The Labute approximate surface area is 241 Å². The Hall–Kier alpha value is -2.66. The predicted molar refractivity (Wildman–Crippen MR) is 144 cm³/mol. The van der Waals surface area contributed by atoms with E-state index in [0.29, 0.717) is 42.2 Å². The molecule has 3 saturated carbocycles. The van der Waals surface area contributed by atoms with Crippen molar-refractivity contribution in [1.29, 1.82) is 0 Å². The van der Waals surface area contributed by atoms with Crippen LogP contribution in [0.4, 0.5) is 17.6 Å². The molecule has 3 N–H and O–H groups in total. The average Bonchev–Trinajstić information content (AvgIpc) is 3.29. The number of carboxylic acids is 1. The third kappa shape index (κ3) is 5.35. The van der Waals surface area contributed by atoms with Crippen molar-refractivity contribution >= 4 is 23.5 Å². The third-order valence-electron chi connectivity index (χ3n) is 9.86. The first-order valence-corrected chi connectivity index (χ1v) is 14.4. The molecule has 0 bridgehead atoms. The van der Waals surface area contributed by atoms with Gasteiger partial charge in [-0.1, -0.05) is 50.8 Å². The zero-order valence-electron chi connectivity index (χ0n) is 23.1. The lowest BCUT2D eigenvalue weighted by Gasteiger charge is -2.34. The van der Waals surface area contributed by atoms with Crippen LogP contribution in [0, 0.1) is 28.5 Å². The number of hydrogen-bond donors (Lipinski definition) is 2. The summed E-state index contributed by atoms with van der Waals surface area (Å²) in [4.78, 5) is 27.5. The third-order valence-corrected chi connectivity index (χ3v) is 10.2. The van der Waals surface area contributed by atoms with Gasteiger partial charge >= 0.3 is 12.1 Å². The molecule has 3 fully saturated rings. The summed E-state index contributed by atoms with van der Waals surface area (Å²) < 4.78 is 59.0. The van der Waals surface area contributed by atoms with E-state index in [1.54, 1.807) is 0 Å². The van der Waals surface area contributed by atoms with Gasteiger partial charge in [0.05, 0.1) is 29.8 Å². The number of carbonyl (C=O) groups is 2. The summed E-state index contributed by atoms with van der Waals surface area (Å²) in [5.74, 6) is -2.10. The molecule has 224 valence electrons. The number of aromatic nitrogens is 2. The number of halogens is 5. The van der Waals surface area contributed by atoms with Gasteiger partial charge in [0.15, 0.2) is 5.69 Å². The van der Waals surface area contributed by atoms with Crippen molar-refractivity contribution in [2.75, 3.05) is 6.54 Å². The Morgan fingerprint density at radius 1 is 1.20 bits per heavy atom. The second-order valence-electron chi connectivity index (χ2n) is 12.6. The summed E-state index contributed by atoms with van der Waals surface area (Å²) in [6, 6.07) is 2.60. The summed E-state index contributed by atoms with van der Waals surface area (Å²) in [7, 11) is 0. The molecule has 3 aliphatic carbocycles. The monoisotopic (exact) mass is 598 g/mol. The van der Waals surface area contributed by atoms with E-state index in [1.807, 2.05) is 0 Å². The molecule has 5 rings (SSSR count). The van der Waals surface area contributed by atoms with Crippen LogP contribution < -0.4 is 5.73 Å². The van der Waals surface area contributed by atoms with Crippen LogP contribution in [-0.4, -0.2) is 44.3 Å². The standard InChI is InChI=1S/C29H35ClF4N4O3/c1-27(2)18-11-16(12-19(18)27)37(14-22(35)23-20(30)7-6-8-21(23)31)25(39)17-13-36-38(24(17)29(32,33)34)15-28(26(40)41)9-4-3-5-10-28/h6-8,13,16,18-19,22H,3-5,9-12,14-15,35H2,1-2H3,(H,40,41). The molecule has 3 aliphatic rings. The maximum Gasteiger partial charge on any atom is 0.433 e. The molecule has 12 heteroatoms. The summed E-state index contributed by atoms with van der Waals surface area (Å²) >= 11 is 6.22. The van der Waals surface area contributed by atoms with Crippen molar-refractivity contribution in [2.45, 2.75) is 83.6 Å². The molecular formula is C29H35ClF4N4O3. The lowest BCUT2D eigenvalue weighted by atomic mass is 9.74. The molecule has 41 heavy (non-hydrogen) atoms. The molecule has 0 radical (unpaired) electrons. The lowest BCUT2D eigenvalue weighted by Crippen LogP contribution is -2.45. The van der Waals surface area contributed by atoms with E-state index in [1.165, 1.54) is 23.1 Å². The quantitative estimate of drug-likeness (QED) is 0.347. The molecular weight excluding hydrogens is 564 g/mol. The van der Waals surface area contributed by atoms with Crippen molar-refractivity contribution in [3.05, 3.63) is 52.1 Å². The highest BCUT2D eigenvalue weighted by Crippen LogP contribution is 2.67. The summed E-state index contributed by atoms with van der Waals surface area (Å²) in [6.45, 7) is 3.53. The predicted octanol–water partition coefficient (Wildman–Crippen LogP) is 6.31. The largest absolute Gasteiger partial charge is 0.481 e. The van der Waals surface area contributed by atoms with Gasteiger partial charge in [-0.2, -0.15) is 18.3 Å². The molecule has 3 atom stereocenters. The van der Waals surface area contributed by atoms with E-state index in [9.17, 15) is 32.3 Å². The molecule has 1 aromatic carbocycles. The van der Waals surface area contributed by atoms with Gasteiger partial charge in [0, 0.05) is 23.2 Å². The molecule has 3 unspecified atom stereocenters. The second kappa shape index (κ2) is 10.6. The van der Waals surface area contributed by atoms with Crippen LogP contribution in [-0.2, 0) is 17.5 Å². The Morgan fingerprint density at radius 3 is 2.39 bits per heavy atom. The van der Waals surface area contributed by atoms with Crippen molar-refractivity contribution < 1.29 is 32.3 Å². The van der Waals surface area contributed by atoms with Crippen molar-refractivity contribution in [1.82, 2.24) is 14.7 Å². The summed E-state index contributed by atoms with van der Waals surface area (Å²) in [5, 5.41) is 13.9. The number of hydrogen-bond acceptors (Lipinski definition) is 4. The first-order chi connectivity index (χ1) is 19.2. The number of fused-ring (bicyclic) bond motifs is 1. The molecule has 1 heterocycles. The normalized spacial score (nSPS) is 25.4. The van der Waals surface area contributed by atoms with Crippen LogP contribution in [0.3, 0.4) is 0 Å². The Kier molecular flexibility index (Phi) is 7.68. The van der Waals surface area contributed by atoms with E-state index in [2.05, 4.69) is 18.9 Å². The molecule has 1 aromatic heterocycles. The van der Waals surface area contributed by atoms with E-state index in [4.69, 9.17) is 17.3 Å². The van der Waals surface area contributed by atoms with E-state index in [-0.39, 0.29) is 35.4 Å². The number of amides is 1. The number of benzene rings is 1. The van der Waals surface area contributed by atoms with Crippen LogP contribution in [0.1, 0.15) is 86.5 Å². The fourth-order valence-electron chi connectivity index (χ4n) is 7.37. The van der Waals surface area contributed by atoms with Gasteiger partial charge in [-0.25, -0.2) is 4.39 Å². The van der Waals surface area contributed by atoms with Crippen molar-refractivity contribution in [3.63, 3.8) is 0 Å². The minimum Gasteiger partial charge on any atom is -0.481 e. The molecule has 7 nitrogen and oxygen atoms in total. The van der Waals surface area contributed by atoms with Crippen LogP contribution >= 0.6 is 11.6 Å². The number of aliphatic carboxylic acids is 1. The van der Waals surface area contributed by atoms with Crippen LogP contribution in [0.2, 0.25) is 5.02 Å². The Bertz CT molecular complexity index is 1300. The number of carboxylic acid groups (broad SMARTS) is 1. The topological polar surface area (TPSA) is 101 Å². The number of nitrogens with two attached hydrogens (primary N) is 1. The van der Waals surface area contributed by atoms with Crippen molar-refractivity contribution in [2.24, 2.45) is 28.4 Å².